The van der Waals surface area contributed by atoms with Crippen molar-refractivity contribution in [3.8, 4) is 0 Å². The first-order chi connectivity index (χ1) is 10.0. The van der Waals surface area contributed by atoms with Crippen LogP contribution in [0.4, 0.5) is 4.79 Å². The molecular weight excluding hydrogens is 278 g/mol. The quantitative estimate of drug-likeness (QED) is 0.873. The first kappa shape index (κ1) is 18.5. The van der Waals surface area contributed by atoms with E-state index >= 15 is 0 Å². The van der Waals surface area contributed by atoms with Gasteiger partial charge in [-0.15, -0.1) is 0 Å². The lowest BCUT2D eigenvalue weighted by Gasteiger charge is -2.30. The van der Waals surface area contributed by atoms with Gasteiger partial charge in [-0.2, -0.15) is 0 Å². The van der Waals surface area contributed by atoms with E-state index in [1.54, 1.807) is 0 Å². The Hall–Kier alpha value is -1.52. The molecule has 0 radical (unpaired) electrons. The van der Waals surface area contributed by atoms with Crippen molar-refractivity contribution in [3.05, 3.63) is 18.2 Å². The third-order valence-electron chi connectivity index (χ3n) is 3.99. The van der Waals surface area contributed by atoms with E-state index in [4.69, 9.17) is 4.74 Å². The van der Waals surface area contributed by atoms with E-state index in [2.05, 4.69) is 42.6 Å². The summed E-state index contributed by atoms with van der Waals surface area (Å²) >= 11 is 0. The predicted molar refractivity (Wildman–Crippen MR) is 88.8 cm³/mol. The van der Waals surface area contributed by atoms with Crippen molar-refractivity contribution in [2.45, 2.75) is 67.0 Å². The summed E-state index contributed by atoms with van der Waals surface area (Å²) in [6.07, 6.45) is 4.11. The van der Waals surface area contributed by atoms with Gasteiger partial charge in [-0.05, 0) is 32.1 Å². The zero-order chi connectivity index (χ0) is 17.0. The van der Waals surface area contributed by atoms with Crippen molar-refractivity contribution in [3.63, 3.8) is 0 Å². The van der Waals surface area contributed by atoms with Gasteiger partial charge in [0, 0.05) is 31.4 Å². The Morgan fingerprint density at radius 1 is 1.32 bits per heavy atom. The Kier molecular flexibility index (Phi) is 6.03. The van der Waals surface area contributed by atoms with Gasteiger partial charge in [0.25, 0.3) is 0 Å². The van der Waals surface area contributed by atoms with Crippen LogP contribution in [0.25, 0.3) is 0 Å². The van der Waals surface area contributed by atoms with Crippen molar-refractivity contribution < 1.29 is 9.53 Å². The second-order valence-corrected chi connectivity index (χ2v) is 7.83. The van der Waals surface area contributed by atoms with Gasteiger partial charge in [-0.3, -0.25) is 0 Å². The zero-order valence-electron chi connectivity index (χ0n) is 15.1. The van der Waals surface area contributed by atoms with E-state index in [-0.39, 0.29) is 11.5 Å². The van der Waals surface area contributed by atoms with Crippen molar-refractivity contribution in [1.82, 2.24) is 14.9 Å². The summed E-state index contributed by atoms with van der Waals surface area (Å²) in [6.45, 7) is 16.0. The largest absolute Gasteiger partial charge is 0.444 e. The molecule has 0 bridgehead atoms. The first-order valence-corrected chi connectivity index (χ1v) is 7.97. The van der Waals surface area contributed by atoms with Gasteiger partial charge in [-0.25, -0.2) is 9.78 Å². The minimum atomic E-state index is -0.465. The van der Waals surface area contributed by atoms with Crippen molar-refractivity contribution in [2.75, 3.05) is 6.54 Å². The highest BCUT2D eigenvalue weighted by Gasteiger charge is 2.23. The number of nitrogens with one attached hydrogen (secondary N) is 1. The molecule has 0 aliphatic rings. The molecule has 0 fully saturated rings. The lowest BCUT2D eigenvalue weighted by Crippen LogP contribution is -2.34. The number of carbonyl (C=O) groups is 1. The van der Waals surface area contributed by atoms with Crippen LogP contribution in [-0.2, 0) is 17.7 Å². The molecule has 0 aliphatic carbocycles. The van der Waals surface area contributed by atoms with E-state index in [0.717, 1.165) is 18.7 Å². The van der Waals surface area contributed by atoms with E-state index in [1.807, 2.05) is 33.3 Å². The molecule has 0 saturated carbocycles. The Morgan fingerprint density at radius 2 is 1.95 bits per heavy atom. The topological polar surface area (TPSA) is 56.2 Å². The maximum atomic E-state index is 11.6. The third-order valence-corrected chi connectivity index (χ3v) is 3.99. The first-order valence-electron chi connectivity index (χ1n) is 7.97. The average molecular weight is 309 g/mol. The number of rotatable bonds is 6. The Balaban J connectivity index is 2.52. The van der Waals surface area contributed by atoms with Crippen LogP contribution >= 0.6 is 0 Å². The van der Waals surface area contributed by atoms with Gasteiger partial charge < -0.3 is 14.6 Å². The molecule has 22 heavy (non-hydrogen) atoms. The van der Waals surface area contributed by atoms with Crippen LogP contribution in [0.15, 0.2) is 12.5 Å². The highest BCUT2D eigenvalue weighted by Crippen LogP contribution is 2.28. The Morgan fingerprint density at radius 3 is 2.50 bits per heavy atom. The Labute approximate surface area is 134 Å². The number of alkyl carbamates (subject to hydrolysis) is 1. The standard InChI is InChI=1S/C17H31N3O2/c1-13(2)17(6,7)11-20-12-18-10-14(20)8-9-19-15(21)22-16(3,4)5/h10,12-13H,8-9,11H2,1-7H3,(H,19,21). The number of aromatic nitrogens is 2. The number of hydrogen-bond donors (Lipinski definition) is 1. The van der Waals surface area contributed by atoms with Gasteiger partial charge >= 0.3 is 6.09 Å². The molecule has 5 nitrogen and oxygen atoms in total. The monoisotopic (exact) mass is 309 g/mol. The minimum Gasteiger partial charge on any atom is -0.444 e. The van der Waals surface area contributed by atoms with E-state index < -0.39 is 5.60 Å². The number of amides is 1. The lowest BCUT2D eigenvalue weighted by molar-refractivity contribution is 0.0528. The van der Waals surface area contributed by atoms with E-state index in [9.17, 15) is 4.79 Å². The normalized spacial score (nSPS) is 12.5. The molecule has 0 saturated heterocycles. The van der Waals surface area contributed by atoms with Crippen LogP contribution in [-0.4, -0.2) is 27.8 Å². The molecule has 0 aliphatic heterocycles. The lowest BCUT2D eigenvalue weighted by atomic mass is 9.81. The predicted octanol–water partition coefficient (Wildman–Crippen LogP) is 3.63. The molecule has 0 unspecified atom stereocenters. The maximum Gasteiger partial charge on any atom is 0.407 e. The molecule has 0 spiro atoms. The molecule has 0 atom stereocenters. The summed E-state index contributed by atoms with van der Waals surface area (Å²) < 4.78 is 7.40. The highest BCUT2D eigenvalue weighted by atomic mass is 16.6. The maximum absolute atomic E-state index is 11.6. The fourth-order valence-corrected chi connectivity index (χ4v) is 1.93. The van der Waals surface area contributed by atoms with Gasteiger partial charge in [0.2, 0.25) is 0 Å². The van der Waals surface area contributed by atoms with Gasteiger partial charge in [0.1, 0.15) is 5.60 Å². The molecule has 0 aromatic carbocycles. The molecule has 1 amide bonds. The van der Waals surface area contributed by atoms with E-state index in [1.165, 1.54) is 0 Å². The van der Waals surface area contributed by atoms with Gasteiger partial charge in [0.05, 0.1) is 6.33 Å². The summed E-state index contributed by atoms with van der Waals surface area (Å²) in [6, 6.07) is 0. The third kappa shape index (κ3) is 6.08. The van der Waals surface area contributed by atoms with Gasteiger partial charge in [0.15, 0.2) is 0 Å². The smallest absolute Gasteiger partial charge is 0.407 e. The fraction of sp³-hybridized carbons (Fsp3) is 0.765. The van der Waals surface area contributed by atoms with Crippen molar-refractivity contribution >= 4 is 6.09 Å². The van der Waals surface area contributed by atoms with Crippen LogP contribution < -0.4 is 5.32 Å². The molecule has 1 N–H and O–H groups in total. The second-order valence-electron chi connectivity index (χ2n) is 7.83. The van der Waals surface area contributed by atoms with Crippen LogP contribution in [0.3, 0.4) is 0 Å². The summed E-state index contributed by atoms with van der Waals surface area (Å²) in [4.78, 5) is 15.9. The second kappa shape index (κ2) is 7.16. The number of imidazole rings is 1. The van der Waals surface area contributed by atoms with Crippen LogP contribution in [0.5, 0.6) is 0 Å². The molecular formula is C17H31N3O2. The molecule has 1 rings (SSSR count). The summed E-state index contributed by atoms with van der Waals surface area (Å²) in [5.41, 5.74) is 0.867. The highest BCUT2D eigenvalue weighted by molar-refractivity contribution is 5.67. The minimum absolute atomic E-state index is 0.202. The van der Waals surface area contributed by atoms with Crippen LogP contribution in [0, 0.1) is 11.3 Å². The Bertz CT molecular complexity index is 484. The van der Waals surface area contributed by atoms with E-state index in [0.29, 0.717) is 12.5 Å². The molecule has 1 aromatic rings. The van der Waals surface area contributed by atoms with Crippen molar-refractivity contribution in [2.24, 2.45) is 11.3 Å². The molecule has 126 valence electrons. The SMILES string of the molecule is CC(C)C(C)(C)Cn1cncc1CCNC(=O)OC(C)(C)C. The van der Waals surface area contributed by atoms with Crippen molar-refractivity contribution in [1.29, 1.82) is 0 Å². The fourth-order valence-electron chi connectivity index (χ4n) is 1.93. The number of carbonyl (C=O) groups excluding carboxylic acids is 1. The average Bonchev–Trinajstić information content (AvgIpc) is 2.73. The summed E-state index contributed by atoms with van der Waals surface area (Å²) in [5, 5.41) is 2.79. The summed E-state index contributed by atoms with van der Waals surface area (Å²) in [5.74, 6) is 0.586. The van der Waals surface area contributed by atoms with Gasteiger partial charge in [-0.1, -0.05) is 27.7 Å². The molecule has 1 aromatic heterocycles. The number of nitrogens with zero attached hydrogens (tertiary/aromatic N) is 2. The number of hydrogen-bond acceptors (Lipinski definition) is 3. The van der Waals surface area contributed by atoms with Crippen LogP contribution in [0.2, 0.25) is 0 Å². The number of ether oxygens (including phenoxy) is 1. The molecule has 1 heterocycles. The zero-order valence-corrected chi connectivity index (χ0v) is 15.1. The van der Waals surface area contributed by atoms with Crippen LogP contribution in [0.1, 0.15) is 54.2 Å². The molecule has 5 heteroatoms. The summed E-state index contributed by atoms with van der Waals surface area (Å²) in [7, 11) is 0.